The monoisotopic (exact) mass is 228 g/mol. The van der Waals surface area contributed by atoms with Gasteiger partial charge < -0.3 is 10.4 Å². The Kier molecular flexibility index (Phi) is 7.01. The largest absolute Gasteiger partial charge is 0.396 e. The van der Waals surface area contributed by atoms with E-state index in [0.29, 0.717) is 12.6 Å². The van der Waals surface area contributed by atoms with E-state index in [1.54, 1.807) is 0 Å². The topological polar surface area (TPSA) is 35.5 Å². The molecule has 16 heavy (non-hydrogen) atoms. The first-order chi connectivity index (χ1) is 7.75. The zero-order valence-corrected chi connectivity index (χ0v) is 10.9. The molecule has 0 saturated heterocycles. The second-order valence-corrected chi connectivity index (χ2v) is 5.09. The summed E-state index contributed by atoms with van der Waals surface area (Å²) in [5.74, 6) is 0. The van der Waals surface area contributed by atoms with E-state index in [-0.39, 0.29) is 0 Å². The molecule has 1 rings (SSSR count). The summed E-state index contributed by atoms with van der Waals surface area (Å²) >= 11 is 0. The van der Waals surface area contributed by atoms with Crippen LogP contribution < -0.4 is 5.32 Å². The smallest absolute Gasteiger partial charge is 0.0431 e. The van der Waals surface area contributed by atoms with E-state index in [2.05, 4.69) is 24.2 Å². The lowest BCUT2D eigenvalue weighted by molar-refractivity contribution is 0.241. The van der Waals surface area contributed by atoms with Gasteiger partial charge >= 0.3 is 0 Å². The van der Waals surface area contributed by atoms with E-state index in [1.165, 1.54) is 25.7 Å². The summed E-state index contributed by atoms with van der Waals surface area (Å²) in [4.78, 5) is 2.50. The van der Waals surface area contributed by atoms with Gasteiger partial charge in [0.05, 0.1) is 0 Å². The molecular formula is C13H28N2O. The Balaban J connectivity index is 1.86. The van der Waals surface area contributed by atoms with Crippen LogP contribution in [-0.4, -0.2) is 48.8 Å². The second kappa shape index (κ2) is 8.04. The third-order valence-corrected chi connectivity index (χ3v) is 3.52. The van der Waals surface area contributed by atoms with Crippen LogP contribution in [0.4, 0.5) is 0 Å². The molecule has 3 nitrogen and oxygen atoms in total. The molecular weight excluding hydrogens is 200 g/mol. The van der Waals surface area contributed by atoms with Crippen LogP contribution in [-0.2, 0) is 0 Å². The number of unbranched alkanes of at least 4 members (excludes halogenated alkanes) is 3. The van der Waals surface area contributed by atoms with E-state index in [4.69, 9.17) is 5.11 Å². The third kappa shape index (κ3) is 5.83. The molecule has 0 heterocycles. The Hall–Kier alpha value is -0.120. The summed E-state index contributed by atoms with van der Waals surface area (Å²) < 4.78 is 0. The van der Waals surface area contributed by atoms with Gasteiger partial charge in [0.2, 0.25) is 0 Å². The summed E-state index contributed by atoms with van der Waals surface area (Å²) in [6.07, 6.45) is 7.38. The Morgan fingerprint density at radius 3 is 2.56 bits per heavy atom. The molecule has 0 aliphatic heterocycles. The van der Waals surface area contributed by atoms with Crippen molar-refractivity contribution in [2.24, 2.45) is 0 Å². The van der Waals surface area contributed by atoms with Gasteiger partial charge in [-0.1, -0.05) is 12.8 Å². The van der Waals surface area contributed by atoms with Crippen LogP contribution in [0.15, 0.2) is 0 Å². The maximum Gasteiger partial charge on any atom is 0.0431 e. The van der Waals surface area contributed by atoms with Crippen LogP contribution >= 0.6 is 0 Å². The minimum Gasteiger partial charge on any atom is -0.396 e. The fourth-order valence-electron chi connectivity index (χ4n) is 2.01. The fourth-order valence-corrected chi connectivity index (χ4v) is 2.01. The molecule has 0 spiro atoms. The number of hydrogen-bond donors (Lipinski definition) is 2. The van der Waals surface area contributed by atoms with Crippen molar-refractivity contribution in [1.29, 1.82) is 0 Å². The molecule has 1 aliphatic carbocycles. The lowest BCUT2D eigenvalue weighted by Gasteiger charge is -2.24. The van der Waals surface area contributed by atoms with E-state index in [9.17, 15) is 0 Å². The van der Waals surface area contributed by atoms with Crippen LogP contribution in [0, 0.1) is 0 Å². The minimum atomic E-state index is 0.344. The molecule has 2 N–H and O–H groups in total. The Labute approximate surface area is 100 Å². The molecule has 0 aromatic rings. The lowest BCUT2D eigenvalue weighted by atomic mass is 10.2. The van der Waals surface area contributed by atoms with E-state index in [0.717, 1.165) is 32.0 Å². The number of likely N-dealkylation sites (N-methyl/N-ethyl adjacent to an activating group) is 1. The lowest BCUT2D eigenvalue weighted by Crippen LogP contribution is -2.39. The number of rotatable bonds is 10. The molecule has 1 unspecified atom stereocenters. The van der Waals surface area contributed by atoms with Crippen molar-refractivity contribution in [3.8, 4) is 0 Å². The highest BCUT2D eigenvalue weighted by Gasteiger charge is 2.28. The van der Waals surface area contributed by atoms with Crippen LogP contribution in [0.25, 0.3) is 0 Å². The summed E-state index contributed by atoms with van der Waals surface area (Å²) in [6.45, 7) is 4.87. The van der Waals surface area contributed by atoms with Gasteiger partial charge in [-0.15, -0.1) is 0 Å². The first-order valence-corrected chi connectivity index (χ1v) is 6.79. The van der Waals surface area contributed by atoms with Crippen molar-refractivity contribution in [2.75, 3.05) is 26.7 Å². The summed E-state index contributed by atoms with van der Waals surface area (Å²) in [6, 6.07) is 1.52. The van der Waals surface area contributed by atoms with Gasteiger partial charge in [-0.3, -0.25) is 4.90 Å². The Morgan fingerprint density at radius 2 is 1.94 bits per heavy atom. The highest BCUT2D eigenvalue weighted by molar-refractivity contribution is 4.85. The summed E-state index contributed by atoms with van der Waals surface area (Å²) in [5, 5.41) is 12.2. The number of nitrogens with zero attached hydrogens (tertiary/aromatic N) is 1. The molecule has 96 valence electrons. The van der Waals surface area contributed by atoms with E-state index < -0.39 is 0 Å². The van der Waals surface area contributed by atoms with E-state index in [1.807, 2.05) is 0 Å². The molecule has 0 bridgehead atoms. The van der Waals surface area contributed by atoms with Crippen molar-refractivity contribution >= 4 is 0 Å². The van der Waals surface area contributed by atoms with Crippen LogP contribution in [0.2, 0.25) is 0 Å². The molecule has 1 atom stereocenters. The Bertz CT molecular complexity index is 171. The standard InChI is InChI=1S/C13H28N2O/c1-12(15(2)13-7-8-13)11-14-9-5-3-4-6-10-16/h12-14,16H,3-11H2,1-2H3. The molecule has 0 aromatic heterocycles. The zero-order chi connectivity index (χ0) is 11.8. The summed E-state index contributed by atoms with van der Waals surface area (Å²) in [5.41, 5.74) is 0. The first-order valence-electron chi connectivity index (χ1n) is 6.79. The van der Waals surface area contributed by atoms with Gasteiger partial charge in [-0.2, -0.15) is 0 Å². The average molecular weight is 228 g/mol. The van der Waals surface area contributed by atoms with Crippen LogP contribution in [0.3, 0.4) is 0 Å². The molecule has 0 radical (unpaired) electrons. The van der Waals surface area contributed by atoms with Crippen molar-refractivity contribution in [3.63, 3.8) is 0 Å². The Morgan fingerprint density at radius 1 is 1.25 bits per heavy atom. The molecule has 1 saturated carbocycles. The van der Waals surface area contributed by atoms with Crippen molar-refractivity contribution in [1.82, 2.24) is 10.2 Å². The normalized spacial score (nSPS) is 18.0. The third-order valence-electron chi connectivity index (χ3n) is 3.52. The number of aliphatic hydroxyl groups excluding tert-OH is 1. The first kappa shape index (κ1) is 13.9. The maximum atomic E-state index is 8.64. The van der Waals surface area contributed by atoms with Gasteiger partial charge in [-0.25, -0.2) is 0 Å². The SMILES string of the molecule is CC(CNCCCCCCO)N(C)C1CC1. The molecule has 1 aliphatic rings. The van der Waals surface area contributed by atoms with Crippen LogP contribution in [0.1, 0.15) is 45.4 Å². The number of hydrogen-bond acceptors (Lipinski definition) is 3. The second-order valence-electron chi connectivity index (χ2n) is 5.09. The molecule has 1 fully saturated rings. The van der Waals surface area contributed by atoms with Crippen molar-refractivity contribution in [3.05, 3.63) is 0 Å². The maximum absolute atomic E-state index is 8.64. The number of aliphatic hydroxyl groups is 1. The number of nitrogens with one attached hydrogen (secondary N) is 1. The van der Waals surface area contributed by atoms with E-state index >= 15 is 0 Å². The molecule has 0 aromatic carbocycles. The fraction of sp³-hybridized carbons (Fsp3) is 1.00. The minimum absolute atomic E-state index is 0.344. The molecule has 0 amide bonds. The van der Waals surface area contributed by atoms with Crippen molar-refractivity contribution in [2.45, 2.75) is 57.5 Å². The van der Waals surface area contributed by atoms with Crippen LogP contribution in [0.5, 0.6) is 0 Å². The van der Waals surface area contributed by atoms with Gasteiger partial charge in [0, 0.05) is 25.2 Å². The van der Waals surface area contributed by atoms with Gasteiger partial charge in [0.25, 0.3) is 0 Å². The molecule has 3 heteroatoms. The highest BCUT2D eigenvalue weighted by atomic mass is 16.2. The predicted octanol–water partition coefficient (Wildman–Crippen LogP) is 1.61. The highest BCUT2D eigenvalue weighted by Crippen LogP contribution is 2.26. The van der Waals surface area contributed by atoms with Crippen molar-refractivity contribution < 1.29 is 5.11 Å². The predicted molar refractivity (Wildman–Crippen MR) is 68.7 cm³/mol. The zero-order valence-electron chi connectivity index (χ0n) is 10.9. The summed E-state index contributed by atoms with van der Waals surface area (Å²) in [7, 11) is 2.24. The van der Waals surface area contributed by atoms with Gasteiger partial charge in [0.15, 0.2) is 0 Å². The average Bonchev–Trinajstić information content (AvgIpc) is 3.10. The van der Waals surface area contributed by atoms with Gasteiger partial charge in [0.1, 0.15) is 0 Å². The quantitative estimate of drug-likeness (QED) is 0.558. The van der Waals surface area contributed by atoms with Gasteiger partial charge in [-0.05, 0) is 46.2 Å².